The number of aryl methyl sites for hydroxylation is 1. The van der Waals surface area contributed by atoms with Gasteiger partial charge in [-0.15, -0.1) is 0 Å². The highest BCUT2D eigenvalue weighted by Crippen LogP contribution is 2.23. The SMILES string of the molecule is Cc1cc(OC(F)F)ccc1NC(=O)N1CCNC(C)C1. The molecule has 2 N–H and O–H groups in total. The van der Waals surface area contributed by atoms with E-state index in [0.717, 1.165) is 6.54 Å². The largest absolute Gasteiger partial charge is 0.435 e. The zero-order valence-electron chi connectivity index (χ0n) is 12.0. The van der Waals surface area contributed by atoms with Crippen LogP contribution < -0.4 is 15.4 Å². The molecule has 1 heterocycles. The molecule has 0 spiro atoms. The maximum atomic E-state index is 12.2. The number of carbonyl (C=O) groups excluding carboxylic acids is 1. The van der Waals surface area contributed by atoms with E-state index in [1.165, 1.54) is 12.1 Å². The van der Waals surface area contributed by atoms with Crippen LogP contribution in [0.4, 0.5) is 19.3 Å². The lowest BCUT2D eigenvalue weighted by molar-refractivity contribution is -0.0498. The summed E-state index contributed by atoms with van der Waals surface area (Å²) in [6.45, 7) is 2.93. The van der Waals surface area contributed by atoms with E-state index in [9.17, 15) is 13.6 Å². The second-order valence-electron chi connectivity index (χ2n) is 5.09. The maximum Gasteiger partial charge on any atom is 0.387 e. The van der Waals surface area contributed by atoms with Crippen molar-refractivity contribution in [3.8, 4) is 5.75 Å². The predicted molar refractivity (Wildman–Crippen MR) is 75.9 cm³/mol. The first-order chi connectivity index (χ1) is 9.95. The third kappa shape index (κ3) is 4.29. The molecule has 1 unspecified atom stereocenters. The average molecular weight is 299 g/mol. The number of hydrogen-bond donors (Lipinski definition) is 2. The number of amides is 2. The van der Waals surface area contributed by atoms with Gasteiger partial charge in [0.2, 0.25) is 0 Å². The number of ether oxygens (including phenoxy) is 1. The van der Waals surface area contributed by atoms with E-state index < -0.39 is 6.61 Å². The number of alkyl halides is 2. The zero-order chi connectivity index (χ0) is 15.4. The van der Waals surface area contributed by atoms with Crippen molar-refractivity contribution in [3.05, 3.63) is 23.8 Å². The monoisotopic (exact) mass is 299 g/mol. The third-order valence-corrected chi connectivity index (χ3v) is 3.32. The first-order valence-electron chi connectivity index (χ1n) is 6.80. The molecule has 7 heteroatoms. The fourth-order valence-corrected chi connectivity index (χ4v) is 2.26. The first-order valence-corrected chi connectivity index (χ1v) is 6.80. The standard InChI is InChI=1S/C14H19F2N3O2/c1-9-7-11(21-13(15)16)3-4-12(9)18-14(20)19-6-5-17-10(2)8-19/h3-4,7,10,13,17H,5-6,8H2,1-2H3,(H,18,20). The van der Waals surface area contributed by atoms with E-state index in [4.69, 9.17) is 0 Å². The van der Waals surface area contributed by atoms with E-state index >= 15 is 0 Å². The van der Waals surface area contributed by atoms with E-state index in [-0.39, 0.29) is 17.8 Å². The van der Waals surface area contributed by atoms with E-state index in [1.54, 1.807) is 17.9 Å². The Morgan fingerprint density at radius 3 is 2.90 bits per heavy atom. The van der Waals surface area contributed by atoms with Crippen molar-refractivity contribution in [1.82, 2.24) is 10.2 Å². The summed E-state index contributed by atoms with van der Waals surface area (Å²) in [5, 5.41) is 6.06. The molecule has 1 aromatic carbocycles. The number of rotatable bonds is 3. The van der Waals surface area contributed by atoms with Crippen molar-refractivity contribution < 1.29 is 18.3 Å². The van der Waals surface area contributed by atoms with Crippen LogP contribution in [0.3, 0.4) is 0 Å². The summed E-state index contributed by atoms with van der Waals surface area (Å²) in [6.07, 6.45) is 0. The van der Waals surface area contributed by atoms with Gasteiger partial charge in [0, 0.05) is 31.4 Å². The molecule has 0 radical (unpaired) electrons. The Morgan fingerprint density at radius 2 is 2.29 bits per heavy atom. The van der Waals surface area contributed by atoms with E-state index in [1.807, 2.05) is 6.92 Å². The van der Waals surface area contributed by atoms with E-state index in [0.29, 0.717) is 24.3 Å². The number of urea groups is 1. The van der Waals surface area contributed by atoms with Gasteiger partial charge in [0.05, 0.1) is 0 Å². The molecule has 1 saturated heterocycles. The number of anilines is 1. The van der Waals surface area contributed by atoms with Crippen LogP contribution in [0.25, 0.3) is 0 Å². The lowest BCUT2D eigenvalue weighted by Crippen LogP contribution is -2.52. The summed E-state index contributed by atoms with van der Waals surface area (Å²) in [5.74, 6) is 0.0799. The molecule has 1 aromatic rings. The van der Waals surface area contributed by atoms with Gasteiger partial charge in [-0.3, -0.25) is 0 Å². The van der Waals surface area contributed by atoms with Gasteiger partial charge < -0.3 is 20.3 Å². The molecule has 0 aromatic heterocycles. The molecule has 0 saturated carbocycles. The molecule has 0 aliphatic carbocycles. The Bertz CT molecular complexity index is 511. The molecule has 1 fully saturated rings. The molecule has 116 valence electrons. The van der Waals surface area contributed by atoms with Crippen LogP contribution in [-0.4, -0.2) is 43.2 Å². The molecule has 1 atom stereocenters. The Kier molecular flexibility index (Phi) is 4.95. The summed E-state index contributed by atoms with van der Waals surface area (Å²) in [6, 6.07) is 4.52. The topological polar surface area (TPSA) is 53.6 Å². The quantitative estimate of drug-likeness (QED) is 0.901. The molecule has 1 aliphatic rings. The van der Waals surface area contributed by atoms with Crippen molar-refractivity contribution in [2.45, 2.75) is 26.5 Å². The predicted octanol–water partition coefficient (Wildman–Crippen LogP) is 2.42. The summed E-state index contributed by atoms with van der Waals surface area (Å²) >= 11 is 0. The van der Waals surface area contributed by atoms with Crippen LogP contribution in [0.2, 0.25) is 0 Å². The Morgan fingerprint density at radius 1 is 1.52 bits per heavy atom. The molecule has 0 bridgehead atoms. The highest BCUT2D eigenvalue weighted by Gasteiger charge is 2.20. The molecular formula is C14H19F2N3O2. The number of hydrogen-bond acceptors (Lipinski definition) is 3. The zero-order valence-corrected chi connectivity index (χ0v) is 12.0. The van der Waals surface area contributed by atoms with Gasteiger partial charge in [0.25, 0.3) is 0 Å². The average Bonchev–Trinajstić information content (AvgIpc) is 2.41. The van der Waals surface area contributed by atoms with Gasteiger partial charge in [-0.25, -0.2) is 4.79 Å². The second kappa shape index (κ2) is 6.71. The van der Waals surface area contributed by atoms with Gasteiger partial charge in [-0.1, -0.05) is 0 Å². The van der Waals surface area contributed by atoms with Gasteiger partial charge in [0.1, 0.15) is 5.75 Å². The van der Waals surface area contributed by atoms with Crippen molar-refractivity contribution in [3.63, 3.8) is 0 Å². The number of piperazine rings is 1. The van der Waals surface area contributed by atoms with Gasteiger partial charge >= 0.3 is 12.6 Å². The molecular weight excluding hydrogens is 280 g/mol. The third-order valence-electron chi connectivity index (χ3n) is 3.32. The van der Waals surface area contributed by atoms with E-state index in [2.05, 4.69) is 15.4 Å². The lowest BCUT2D eigenvalue weighted by atomic mass is 10.2. The highest BCUT2D eigenvalue weighted by atomic mass is 19.3. The molecule has 1 aliphatic heterocycles. The van der Waals surface area contributed by atoms with Crippen LogP contribution in [0.15, 0.2) is 18.2 Å². The van der Waals surface area contributed by atoms with Gasteiger partial charge in [0.15, 0.2) is 0 Å². The van der Waals surface area contributed by atoms with Crippen LogP contribution >= 0.6 is 0 Å². The van der Waals surface area contributed by atoms with Crippen molar-refractivity contribution in [1.29, 1.82) is 0 Å². The molecule has 5 nitrogen and oxygen atoms in total. The number of benzene rings is 1. The molecule has 2 rings (SSSR count). The van der Waals surface area contributed by atoms with Crippen LogP contribution in [0.1, 0.15) is 12.5 Å². The van der Waals surface area contributed by atoms with Crippen LogP contribution in [0, 0.1) is 6.92 Å². The second-order valence-corrected chi connectivity index (χ2v) is 5.09. The minimum Gasteiger partial charge on any atom is -0.435 e. The van der Waals surface area contributed by atoms with Crippen molar-refractivity contribution in [2.75, 3.05) is 25.0 Å². The van der Waals surface area contributed by atoms with Crippen LogP contribution in [0.5, 0.6) is 5.75 Å². The normalized spacial score (nSPS) is 18.7. The summed E-state index contributed by atoms with van der Waals surface area (Å²) in [5.41, 5.74) is 1.26. The fourth-order valence-electron chi connectivity index (χ4n) is 2.26. The highest BCUT2D eigenvalue weighted by molar-refractivity contribution is 5.90. The van der Waals surface area contributed by atoms with Crippen molar-refractivity contribution in [2.24, 2.45) is 0 Å². The minimum atomic E-state index is -2.85. The van der Waals surface area contributed by atoms with Gasteiger partial charge in [-0.05, 0) is 37.6 Å². The summed E-state index contributed by atoms with van der Waals surface area (Å²) in [4.78, 5) is 13.9. The van der Waals surface area contributed by atoms with Gasteiger partial charge in [-0.2, -0.15) is 8.78 Å². The number of halogens is 2. The van der Waals surface area contributed by atoms with Crippen LogP contribution in [-0.2, 0) is 0 Å². The summed E-state index contributed by atoms with van der Waals surface area (Å²) in [7, 11) is 0. The Balaban J connectivity index is 2.00. The maximum absolute atomic E-state index is 12.2. The smallest absolute Gasteiger partial charge is 0.387 e. The Labute approximate surface area is 122 Å². The number of carbonyl (C=O) groups is 1. The summed E-state index contributed by atoms with van der Waals surface area (Å²) < 4.78 is 28.6. The molecule has 2 amide bonds. The number of nitrogens with one attached hydrogen (secondary N) is 2. The fraction of sp³-hybridized carbons (Fsp3) is 0.500. The number of nitrogens with zero attached hydrogens (tertiary/aromatic N) is 1. The minimum absolute atomic E-state index is 0.0799. The first kappa shape index (κ1) is 15.5. The molecule has 21 heavy (non-hydrogen) atoms. The van der Waals surface area contributed by atoms with Crippen molar-refractivity contribution >= 4 is 11.7 Å². The Hall–Kier alpha value is -1.89. The lowest BCUT2D eigenvalue weighted by Gasteiger charge is -2.32.